The highest BCUT2D eigenvalue weighted by atomic mass is 32.2. The number of likely N-dealkylation sites (tertiary alicyclic amines) is 1. The average Bonchev–Trinajstić information content (AvgIpc) is 2.74. The lowest BCUT2D eigenvalue weighted by Gasteiger charge is -2.19. The molecule has 2 heterocycles. The lowest BCUT2D eigenvalue weighted by molar-refractivity contribution is 0.317. The molecule has 1 aromatic rings. The van der Waals surface area contributed by atoms with Gasteiger partial charge in [-0.1, -0.05) is 6.07 Å². The van der Waals surface area contributed by atoms with Crippen LogP contribution in [0.2, 0.25) is 0 Å². The summed E-state index contributed by atoms with van der Waals surface area (Å²) >= 11 is 1.23. The van der Waals surface area contributed by atoms with Gasteiger partial charge in [-0.25, -0.2) is 0 Å². The molecule has 1 atom stereocenters. The molecular weight excluding hydrogens is 218 g/mol. The molecule has 0 aromatic carbocycles. The fourth-order valence-electron chi connectivity index (χ4n) is 2.16. The van der Waals surface area contributed by atoms with Crippen LogP contribution in [0.1, 0.15) is 30.1 Å². The predicted molar refractivity (Wildman–Crippen MR) is 65.8 cm³/mol. The summed E-state index contributed by atoms with van der Waals surface area (Å²) in [6.45, 7) is 1.18. The molecule has 16 heavy (non-hydrogen) atoms. The molecule has 1 aliphatic rings. The molecule has 0 N–H and O–H groups in total. The van der Waals surface area contributed by atoms with Crippen LogP contribution in [-0.4, -0.2) is 23.5 Å². The van der Waals surface area contributed by atoms with Crippen molar-refractivity contribution in [3.63, 3.8) is 0 Å². The maximum Gasteiger partial charge on any atom is 0.133 e. The first-order chi connectivity index (χ1) is 7.81. The summed E-state index contributed by atoms with van der Waals surface area (Å²) in [5, 5.41) is 10.5. The van der Waals surface area contributed by atoms with Gasteiger partial charge in [0.2, 0.25) is 0 Å². The molecule has 84 valence electrons. The monoisotopic (exact) mass is 233 g/mol. The molecule has 4 heteroatoms. The maximum atomic E-state index is 8.47. The van der Waals surface area contributed by atoms with E-state index in [9.17, 15) is 0 Å². The van der Waals surface area contributed by atoms with Crippen molar-refractivity contribution < 1.29 is 0 Å². The molecule has 0 aliphatic carbocycles. The highest BCUT2D eigenvalue weighted by Crippen LogP contribution is 2.29. The molecule has 0 saturated carbocycles. The molecule has 2 rings (SSSR count). The Balaban J connectivity index is 2.04. The van der Waals surface area contributed by atoms with Gasteiger partial charge < -0.3 is 0 Å². The number of thiocyanates is 1. The smallest absolute Gasteiger partial charge is 0.133 e. The Hall–Kier alpha value is -1.05. The van der Waals surface area contributed by atoms with E-state index < -0.39 is 0 Å². The quantitative estimate of drug-likeness (QED) is 0.752. The van der Waals surface area contributed by atoms with E-state index in [-0.39, 0.29) is 0 Å². The maximum absolute atomic E-state index is 8.47. The largest absolute Gasteiger partial charge is 0.299 e. The Morgan fingerprint density at radius 2 is 2.50 bits per heavy atom. The number of thioether (sulfide) groups is 1. The molecular formula is C12H15N3S. The number of aromatic nitrogens is 1. The van der Waals surface area contributed by atoms with Gasteiger partial charge in [0.25, 0.3) is 0 Å². The fraction of sp³-hybridized carbons (Fsp3) is 0.500. The average molecular weight is 233 g/mol. The Morgan fingerprint density at radius 3 is 3.06 bits per heavy atom. The summed E-state index contributed by atoms with van der Waals surface area (Å²) in [4.78, 5) is 6.77. The van der Waals surface area contributed by atoms with Crippen LogP contribution in [0.3, 0.4) is 0 Å². The van der Waals surface area contributed by atoms with Crippen molar-refractivity contribution in [1.29, 1.82) is 5.26 Å². The van der Waals surface area contributed by atoms with E-state index in [1.807, 2.05) is 12.3 Å². The number of nitrogens with zero attached hydrogens (tertiary/aromatic N) is 3. The van der Waals surface area contributed by atoms with Crippen LogP contribution in [0.5, 0.6) is 0 Å². The zero-order valence-electron chi connectivity index (χ0n) is 9.39. The molecule has 0 amide bonds. The molecule has 0 spiro atoms. The molecule has 1 fully saturated rings. The van der Waals surface area contributed by atoms with Crippen molar-refractivity contribution in [3.8, 4) is 5.40 Å². The van der Waals surface area contributed by atoms with Crippen molar-refractivity contribution >= 4 is 11.8 Å². The van der Waals surface area contributed by atoms with Crippen molar-refractivity contribution in [1.82, 2.24) is 9.88 Å². The molecule has 1 aromatic heterocycles. The van der Waals surface area contributed by atoms with Gasteiger partial charge in [0.1, 0.15) is 5.40 Å². The first-order valence-corrected chi connectivity index (χ1v) is 6.46. The number of hydrogen-bond acceptors (Lipinski definition) is 4. The molecule has 1 saturated heterocycles. The molecule has 1 unspecified atom stereocenters. The van der Waals surface area contributed by atoms with Gasteiger partial charge in [-0.3, -0.25) is 9.88 Å². The zero-order valence-corrected chi connectivity index (χ0v) is 10.2. The third-order valence-corrected chi connectivity index (χ3v) is 3.61. The highest BCUT2D eigenvalue weighted by Gasteiger charge is 2.22. The second-order valence-electron chi connectivity index (χ2n) is 4.10. The first kappa shape index (κ1) is 11.4. The van der Waals surface area contributed by atoms with E-state index in [0.717, 1.165) is 5.69 Å². The van der Waals surface area contributed by atoms with Crippen LogP contribution in [0.4, 0.5) is 0 Å². The van der Waals surface area contributed by atoms with Crippen LogP contribution >= 0.6 is 11.8 Å². The Morgan fingerprint density at radius 1 is 1.62 bits per heavy atom. The highest BCUT2D eigenvalue weighted by molar-refractivity contribution is 8.02. The van der Waals surface area contributed by atoms with Crippen LogP contribution in [0.15, 0.2) is 18.3 Å². The minimum atomic E-state index is 0.533. The zero-order chi connectivity index (χ0) is 11.4. The van der Waals surface area contributed by atoms with E-state index in [1.165, 1.54) is 36.7 Å². The summed E-state index contributed by atoms with van der Waals surface area (Å²) in [5.74, 6) is 0.678. The Kier molecular flexibility index (Phi) is 3.81. The minimum Gasteiger partial charge on any atom is -0.299 e. The normalized spacial score (nSPS) is 20.9. The number of pyridine rings is 1. The van der Waals surface area contributed by atoms with Crippen molar-refractivity contribution in [3.05, 3.63) is 29.6 Å². The number of nitriles is 1. The van der Waals surface area contributed by atoms with Gasteiger partial charge in [-0.15, -0.1) is 0 Å². The predicted octanol–water partition coefficient (Wildman–Crippen LogP) is 2.56. The van der Waals surface area contributed by atoms with Gasteiger partial charge in [0, 0.05) is 12.2 Å². The van der Waals surface area contributed by atoms with Gasteiger partial charge in [0.05, 0.1) is 11.4 Å². The summed E-state index contributed by atoms with van der Waals surface area (Å²) in [7, 11) is 2.16. The third kappa shape index (κ3) is 2.55. The molecule has 1 aliphatic heterocycles. The lowest BCUT2D eigenvalue weighted by Crippen LogP contribution is -2.17. The Bertz CT molecular complexity index is 382. The SMILES string of the molecule is CN1CCCC1c1ccc(CSC#N)nc1. The van der Waals surface area contributed by atoms with Gasteiger partial charge in [0.15, 0.2) is 0 Å². The van der Waals surface area contributed by atoms with Crippen LogP contribution in [0, 0.1) is 10.7 Å². The van der Waals surface area contributed by atoms with E-state index in [0.29, 0.717) is 11.8 Å². The fourth-order valence-corrected chi connectivity index (χ4v) is 2.54. The van der Waals surface area contributed by atoms with Crippen molar-refractivity contribution in [2.75, 3.05) is 13.6 Å². The van der Waals surface area contributed by atoms with E-state index in [4.69, 9.17) is 5.26 Å². The van der Waals surface area contributed by atoms with E-state index >= 15 is 0 Å². The van der Waals surface area contributed by atoms with Crippen molar-refractivity contribution in [2.24, 2.45) is 0 Å². The number of rotatable bonds is 3. The second-order valence-corrected chi connectivity index (χ2v) is 4.86. The summed E-state index contributed by atoms with van der Waals surface area (Å²) in [6.07, 6.45) is 4.46. The molecule has 3 nitrogen and oxygen atoms in total. The van der Waals surface area contributed by atoms with Crippen LogP contribution in [0.25, 0.3) is 0 Å². The van der Waals surface area contributed by atoms with Gasteiger partial charge in [-0.2, -0.15) is 5.26 Å². The summed E-state index contributed by atoms with van der Waals surface area (Å²) in [6, 6.07) is 4.71. The third-order valence-electron chi connectivity index (χ3n) is 3.04. The second kappa shape index (κ2) is 5.33. The molecule has 0 bridgehead atoms. The van der Waals surface area contributed by atoms with Crippen LogP contribution in [-0.2, 0) is 5.75 Å². The standard InChI is InChI=1S/C12H15N3S/c1-15-6-2-3-12(15)10-4-5-11(14-7-10)8-16-9-13/h4-5,7,12H,2-3,6,8H2,1H3. The lowest BCUT2D eigenvalue weighted by atomic mass is 10.1. The Labute approximate surface area is 100 Å². The van der Waals surface area contributed by atoms with Gasteiger partial charge >= 0.3 is 0 Å². The van der Waals surface area contributed by atoms with Crippen molar-refractivity contribution in [2.45, 2.75) is 24.6 Å². The summed E-state index contributed by atoms with van der Waals surface area (Å²) < 4.78 is 0. The number of hydrogen-bond donors (Lipinski definition) is 0. The topological polar surface area (TPSA) is 39.9 Å². The minimum absolute atomic E-state index is 0.533. The van der Waals surface area contributed by atoms with E-state index in [2.05, 4.69) is 28.4 Å². The molecule has 0 radical (unpaired) electrons. The van der Waals surface area contributed by atoms with Gasteiger partial charge in [-0.05, 0) is 49.8 Å². The first-order valence-electron chi connectivity index (χ1n) is 5.47. The summed E-state index contributed by atoms with van der Waals surface area (Å²) in [5.41, 5.74) is 2.28. The van der Waals surface area contributed by atoms with Crippen LogP contribution < -0.4 is 0 Å². The van der Waals surface area contributed by atoms with E-state index in [1.54, 1.807) is 0 Å².